The molecule has 0 radical (unpaired) electrons. The highest BCUT2D eigenvalue weighted by Crippen LogP contribution is 2.47. The van der Waals surface area contributed by atoms with Crippen molar-refractivity contribution in [2.24, 2.45) is 26.8 Å². The summed E-state index contributed by atoms with van der Waals surface area (Å²) < 4.78 is 26.3. The van der Waals surface area contributed by atoms with Crippen molar-refractivity contribution in [2.75, 3.05) is 26.4 Å². The van der Waals surface area contributed by atoms with Crippen LogP contribution in [0.3, 0.4) is 0 Å². The number of rotatable bonds is 43. The molecule has 1 fully saturated rings. The van der Waals surface area contributed by atoms with E-state index in [1.807, 2.05) is 38.1 Å². The number of nitrogens with zero attached hydrogens (tertiary/aromatic N) is 3. The van der Waals surface area contributed by atoms with Gasteiger partial charge in [-0.1, -0.05) is 208 Å². The van der Waals surface area contributed by atoms with Crippen LogP contribution in [0, 0.1) is 11.8 Å². The van der Waals surface area contributed by atoms with Gasteiger partial charge in [0.25, 0.3) is 0 Å². The van der Waals surface area contributed by atoms with Crippen LogP contribution in [0.25, 0.3) is 0 Å². The van der Waals surface area contributed by atoms with Gasteiger partial charge in [-0.2, -0.15) is 0 Å². The molecule has 86 heavy (non-hydrogen) atoms. The molecule has 6 aliphatic rings. The molecule has 11 nitrogen and oxygen atoms in total. The van der Waals surface area contributed by atoms with Gasteiger partial charge >= 0.3 is 5.97 Å². The normalized spacial score (nSPS) is 18.1. The zero-order valence-corrected chi connectivity index (χ0v) is 54.9. The van der Waals surface area contributed by atoms with Crippen LogP contribution in [0.5, 0.6) is 17.2 Å². The second kappa shape index (κ2) is 36.8. The van der Waals surface area contributed by atoms with Crippen molar-refractivity contribution >= 4 is 23.1 Å². The lowest BCUT2D eigenvalue weighted by Gasteiger charge is -2.19. The Morgan fingerprint density at radius 1 is 0.581 bits per heavy atom. The minimum Gasteiger partial charge on any atom is -0.511 e. The summed E-state index contributed by atoms with van der Waals surface area (Å²) in [7, 11) is 0. The summed E-state index contributed by atoms with van der Waals surface area (Å²) in [6.45, 7) is 19.0. The first-order valence-corrected chi connectivity index (χ1v) is 34.8. The summed E-state index contributed by atoms with van der Waals surface area (Å²) in [6, 6.07) is 4.02. The van der Waals surface area contributed by atoms with E-state index in [-0.39, 0.29) is 37.4 Å². The molecule has 2 atom stereocenters. The second-order valence-corrected chi connectivity index (χ2v) is 25.5. The molecule has 11 heteroatoms. The number of benzene rings is 1. The van der Waals surface area contributed by atoms with E-state index in [1.165, 1.54) is 154 Å². The topological polar surface area (TPSA) is 144 Å². The highest BCUT2D eigenvalue weighted by atomic mass is 16.5. The third-order valence-corrected chi connectivity index (χ3v) is 18.7. The number of hydrogen-bond donors (Lipinski definition) is 3. The molecule has 474 valence electrons. The average molecular weight is 1180 g/mol. The number of nitrogens with one attached hydrogen (secondary N) is 1. The minimum absolute atomic E-state index is 0.0398. The van der Waals surface area contributed by atoms with Crippen LogP contribution in [-0.4, -0.2) is 59.7 Å². The Labute approximate surface area is 520 Å². The van der Waals surface area contributed by atoms with E-state index < -0.39 is 0 Å². The molecule has 1 aliphatic carbocycles. The standard InChI is InChI=1S/C75H112N4O7/c1-9-13-16-19-22-25-28-31-34-37-42-83-69-45-57(46-70(84-43-38-35-32-29-26-23-20-17-14-10-2)75(69)85-44-39-36-33-30-27-24-21-18-15-11-3)52-86-71(82)41-40-59-54(6)64-48-62-55(7)61(51-80)67(77-62)49-63-53(5)58(12-4)66(76-63)50-65-56(8)72-68(81)47-60(73(59)78-64)74(72)79-65/h45-46,48-50,54,59,78,80-81H,9-44,47,51-52H2,1-8H3/t54-,59-/m0/s1. The van der Waals surface area contributed by atoms with Crippen molar-refractivity contribution in [3.05, 3.63) is 109 Å². The predicted octanol–water partition coefficient (Wildman–Crippen LogP) is 20.1. The fourth-order valence-corrected chi connectivity index (χ4v) is 13.2. The number of allylic oxidation sites excluding steroid dienone is 11. The maximum Gasteiger partial charge on any atom is 0.306 e. The van der Waals surface area contributed by atoms with Gasteiger partial charge in [0.2, 0.25) is 5.75 Å². The number of aliphatic imine (C=N–C) groups is 3. The fraction of sp³-hybridized carbons (Fsp3) is 0.653. The summed E-state index contributed by atoms with van der Waals surface area (Å²) in [5.74, 6) is 1.86. The van der Waals surface area contributed by atoms with E-state index in [1.54, 1.807) is 0 Å². The highest BCUT2D eigenvalue weighted by Gasteiger charge is 2.41. The lowest BCUT2D eigenvalue weighted by Crippen LogP contribution is -2.16. The van der Waals surface area contributed by atoms with Crippen LogP contribution in [-0.2, 0) is 16.1 Å². The average Bonchev–Trinajstić information content (AvgIpc) is 1.68. The molecule has 0 aromatic heterocycles. The third-order valence-electron chi connectivity index (χ3n) is 18.7. The first kappa shape index (κ1) is 68.1. The molecule has 8 bridgehead atoms. The largest absolute Gasteiger partial charge is 0.511 e. The van der Waals surface area contributed by atoms with Crippen LogP contribution in [0.15, 0.2) is 119 Å². The van der Waals surface area contributed by atoms with Gasteiger partial charge in [0.1, 0.15) is 12.4 Å². The Kier molecular flexibility index (Phi) is 29.1. The van der Waals surface area contributed by atoms with Crippen molar-refractivity contribution in [2.45, 2.75) is 280 Å². The molecular weight excluding hydrogens is 1070 g/mol. The fourth-order valence-electron chi connectivity index (χ4n) is 13.2. The summed E-state index contributed by atoms with van der Waals surface area (Å²) in [5.41, 5.74) is 14.0. The molecule has 3 N–H and O–H groups in total. The van der Waals surface area contributed by atoms with Gasteiger partial charge in [-0.25, -0.2) is 15.0 Å². The maximum absolute atomic E-state index is 14.2. The molecule has 0 spiro atoms. The Bertz CT molecular complexity index is 2730. The SMILES string of the molecule is CCCCCCCCCCCCOc1cc(COC(=O)CC[C@@H]2C3=C4CC(O)=C5C4=NC(=C5C)C=C4N=C(C=C5N=C(C=C(N3)[C@H]2C)C(C)=C5CO)C(C)=C4CC)cc(OCCCCCCCCCCCC)c1OCCCCCCCCCCCC. The number of aliphatic hydroxyl groups is 2. The van der Waals surface area contributed by atoms with Gasteiger partial charge in [0, 0.05) is 52.8 Å². The quantitative estimate of drug-likeness (QED) is 0.0433. The molecule has 1 aromatic carbocycles. The Hall–Kier alpha value is -5.42. The van der Waals surface area contributed by atoms with Gasteiger partial charge in [-0.3, -0.25) is 4.79 Å². The molecule has 0 saturated carbocycles. The van der Waals surface area contributed by atoms with Crippen LogP contribution in [0.2, 0.25) is 0 Å². The van der Waals surface area contributed by atoms with Crippen molar-refractivity contribution in [3.8, 4) is 17.2 Å². The summed E-state index contributed by atoms with van der Waals surface area (Å²) in [5, 5.41) is 26.2. The molecule has 5 heterocycles. The Balaban J connectivity index is 1.07. The van der Waals surface area contributed by atoms with Crippen molar-refractivity contribution < 1.29 is 34.0 Å². The summed E-state index contributed by atoms with van der Waals surface area (Å²) >= 11 is 0. The number of carbonyl (C=O) groups is 1. The van der Waals surface area contributed by atoms with Crippen molar-refractivity contribution in [3.63, 3.8) is 0 Å². The number of fused-ring (bicyclic) bond motifs is 5. The van der Waals surface area contributed by atoms with E-state index in [2.05, 4.69) is 52.9 Å². The second-order valence-electron chi connectivity index (χ2n) is 25.5. The third kappa shape index (κ3) is 19.5. The van der Waals surface area contributed by atoms with Gasteiger partial charge in [0.15, 0.2) is 11.5 Å². The Morgan fingerprint density at radius 2 is 1.05 bits per heavy atom. The molecule has 7 rings (SSSR count). The number of ether oxygens (including phenoxy) is 4. The molecular formula is C75H112N4O7. The Morgan fingerprint density at radius 3 is 1.55 bits per heavy atom. The van der Waals surface area contributed by atoms with Gasteiger partial charge in [-0.05, 0) is 111 Å². The van der Waals surface area contributed by atoms with Gasteiger partial charge in [-0.15, -0.1) is 0 Å². The first-order valence-electron chi connectivity index (χ1n) is 34.8. The van der Waals surface area contributed by atoms with Crippen molar-refractivity contribution in [1.82, 2.24) is 5.32 Å². The summed E-state index contributed by atoms with van der Waals surface area (Å²) in [4.78, 5) is 29.7. The zero-order chi connectivity index (χ0) is 61.0. The van der Waals surface area contributed by atoms with Crippen LogP contribution < -0.4 is 19.5 Å². The molecule has 1 aromatic rings. The van der Waals surface area contributed by atoms with E-state index in [4.69, 9.17) is 33.9 Å². The van der Waals surface area contributed by atoms with Gasteiger partial charge in [0.05, 0.1) is 60.7 Å². The summed E-state index contributed by atoms with van der Waals surface area (Å²) in [6.07, 6.45) is 45.6. The molecule has 0 unspecified atom stereocenters. The van der Waals surface area contributed by atoms with Crippen LogP contribution in [0.4, 0.5) is 0 Å². The minimum atomic E-state index is -0.287. The van der Waals surface area contributed by atoms with Crippen molar-refractivity contribution in [1.29, 1.82) is 0 Å². The number of esters is 1. The lowest BCUT2D eigenvalue weighted by atomic mass is 9.86. The number of carbonyl (C=O) groups excluding carboxylic acids is 1. The molecule has 1 saturated heterocycles. The lowest BCUT2D eigenvalue weighted by molar-refractivity contribution is -0.145. The van der Waals surface area contributed by atoms with Crippen LogP contribution >= 0.6 is 0 Å². The molecule has 0 amide bonds. The van der Waals surface area contributed by atoms with E-state index >= 15 is 0 Å². The van der Waals surface area contributed by atoms with E-state index in [0.717, 1.165) is 129 Å². The maximum atomic E-state index is 14.2. The van der Waals surface area contributed by atoms with E-state index in [9.17, 15) is 15.0 Å². The number of unbranched alkanes of at least 4 members (excludes halogenated alkanes) is 27. The smallest absolute Gasteiger partial charge is 0.306 e. The molecule has 5 aliphatic heterocycles. The highest BCUT2D eigenvalue weighted by molar-refractivity contribution is 6.21. The number of hydrogen-bond acceptors (Lipinski definition) is 11. The zero-order valence-electron chi connectivity index (χ0n) is 54.9. The van der Waals surface area contributed by atoms with E-state index in [0.29, 0.717) is 61.4 Å². The predicted molar refractivity (Wildman–Crippen MR) is 357 cm³/mol. The first-order chi connectivity index (χ1) is 42.0. The van der Waals surface area contributed by atoms with Crippen LogP contribution in [0.1, 0.15) is 279 Å². The number of aliphatic hydroxyl groups excluding tert-OH is 2. The van der Waals surface area contributed by atoms with Gasteiger partial charge < -0.3 is 34.5 Å². The monoisotopic (exact) mass is 1180 g/mol.